The highest BCUT2D eigenvalue weighted by Crippen LogP contribution is 2.36. The number of anilines is 5. The summed E-state index contributed by atoms with van der Waals surface area (Å²) in [5.74, 6) is 3.18. The van der Waals surface area contributed by atoms with Gasteiger partial charge in [0.15, 0.2) is 23.0 Å². The van der Waals surface area contributed by atoms with Gasteiger partial charge in [0.05, 0.1) is 108 Å². The van der Waals surface area contributed by atoms with Crippen LogP contribution in [0.4, 0.5) is 28.4 Å². The van der Waals surface area contributed by atoms with Crippen LogP contribution in [0.15, 0.2) is 250 Å². The zero-order valence-electron chi connectivity index (χ0n) is 80.4. The average molecular weight is 1910 g/mol. The van der Waals surface area contributed by atoms with E-state index in [2.05, 4.69) is 104 Å². The van der Waals surface area contributed by atoms with Crippen molar-refractivity contribution >= 4 is 79.6 Å². The number of aromatic nitrogens is 14. The molecule has 19 heterocycles. The molecule has 22 rings (SSSR count). The van der Waals surface area contributed by atoms with Crippen LogP contribution in [0.5, 0.6) is 28.7 Å². The molecule has 5 aliphatic rings. The quantitative estimate of drug-likeness (QED) is 0.0658. The summed E-state index contributed by atoms with van der Waals surface area (Å²) in [6.45, 7) is 31.4. The summed E-state index contributed by atoms with van der Waals surface area (Å²) < 4.78 is 39.2. The summed E-state index contributed by atoms with van der Waals surface area (Å²) in [6.07, 6.45) is 17.3. The maximum absolute atomic E-state index is 12.8. The van der Waals surface area contributed by atoms with Gasteiger partial charge < -0.3 is 83.2 Å². The molecule has 4 N–H and O–H groups in total. The number of benzene rings is 3. The predicted molar refractivity (Wildman–Crippen MR) is 552 cm³/mol. The third kappa shape index (κ3) is 21.6. The number of methoxy groups -OCH3 is 3. The average Bonchev–Trinajstić information content (AvgIpc) is 1.67. The Bertz CT molecular complexity index is 7740. The second-order valence-electron chi connectivity index (χ2n) is 35.5. The molecule has 0 bridgehead atoms. The molecule has 5 aliphatic heterocycles. The van der Waals surface area contributed by atoms with Crippen molar-refractivity contribution in [3.05, 3.63) is 294 Å². The lowest BCUT2D eigenvalue weighted by Gasteiger charge is -2.34. The SMILES string of the molecule is CCOc1cc(-c2cc(=O)n3cc(N4CCNCC4)ccc3n2)ccc1OC.CCOc1cc(-c2cc(=O)n3cc(N4CCN[C@@H](C)C4)ccc3n2)ccc1OC.COc1ccc(-c2cc(=O)n3cc(N4CCN[C@@H](C)C4)ccc3n2)cc1Cl.Cc1cn2cc(-c3cc(=O)n4cc(N5CCN(C)CC5)ccc4n3)ccc2n1.Cc1cn2cc(-c3cc(=O)n4cc(N5CCN[C@@H](C)C5)ccc4n3)ccc2n1. The molecular formula is C105H115ClN24O10. The maximum Gasteiger partial charge on any atom is 0.258 e. The van der Waals surface area contributed by atoms with Gasteiger partial charge >= 0.3 is 0 Å². The number of pyridine rings is 7. The van der Waals surface area contributed by atoms with E-state index in [1.807, 2.05) is 214 Å². The van der Waals surface area contributed by atoms with Crippen LogP contribution >= 0.6 is 11.6 Å². The number of imidazole rings is 2. The lowest BCUT2D eigenvalue weighted by Crippen LogP contribution is -2.49. The first-order valence-corrected chi connectivity index (χ1v) is 47.7. The van der Waals surface area contributed by atoms with Crippen LogP contribution in [0.3, 0.4) is 0 Å². The molecule has 3 aromatic carbocycles. The van der Waals surface area contributed by atoms with Crippen LogP contribution in [0.2, 0.25) is 5.02 Å². The van der Waals surface area contributed by atoms with E-state index in [9.17, 15) is 24.0 Å². The van der Waals surface area contributed by atoms with Gasteiger partial charge in [0.25, 0.3) is 27.8 Å². The second-order valence-corrected chi connectivity index (χ2v) is 35.9. The number of hydrogen-bond acceptors (Lipinski definition) is 27. The predicted octanol–water partition coefficient (Wildman–Crippen LogP) is 11.8. The smallest absolute Gasteiger partial charge is 0.258 e. The molecule has 3 atom stereocenters. The van der Waals surface area contributed by atoms with Crippen LogP contribution in [0.25, 0.3) is 95.8 Å². The monoisotopic (exact) mass is 1910 g/mol. The van der Waals surface area contributed by atoms with Crippen LogP contribution in [-0.4, -0.2) is 242 Å². The summed E-state index contributed by atoms with van der Waals surface area (Å²) >= 11 is 6.21. The molecule has 0 aliphatic carbocycles. The van der Waals surface area contributed by atoms with Crippen LogP contribution in [-0.2, 0) is 0 Å². The number of nitrogens with zero attached hydrogens (tertiary/aromatic N) is 20. The molecule has 140 heavy (non-hydrogen) atoms. The number of nitrogens with one attached hydrogen (secondary N) is 4. The van der Waals surface area contributed by atoms with Gasteiger partial charge in [-0.1, -0.05) is 11.6 Å². The molecule has 722 valence electrons. The Hall–Kier alpha value is -15.1. The highest BCUT2D eigenvalue weighted by Gasteiger charge is 2.25. The van der Waals surface area contributed by atoms with Gasteiger partial charge in [0, 0.05) is 243 Å². The molecule has 35 heteroatoms. The minimum Gasteiger partial charge on any atom is -0.495 e. The van der Waals surface area contributed by atoms with E-state index >= 15 is 0 Å². The first-order valence-electron chi connectivity index (χ1n) is 47.4. The third-order valence-corrected chi connectivity index (χ3v) is 25.8. The normalized spacial score (nSPS) is 16.3. The fourth-order valence-electron chi connectivity index (χ4n) is 18.2. The zero-order valence-corrected chi connectivity index (χ0v) is 81.2. The first kappa shape index (κ1) is 95.3. The fraction of sp³-hybridized carbons (Fsp3) is 0.314. The molecule has 0 spiro atoms. The Balaban J connectivity index is 0.000000116. The van der Waals surface area contributed by atoms with Crippen molar-refractivity contribution in [3.8, 4) is 85.0 Å². The van der Waals surface area contributed by atoms with Crippen LogP contribution < -0.4 is 97.2 Å². The highest BCUT2D eigenvalue weighted by molar-refractivity contribution is 6.32. The number of likely N-dealkylation sites (N-methyl/N-ethyl adjacent to an activating group) is 1. The summed E-state index contributed by atoms with van der Waals surface area (Å²) in [6, 6.07) is 53.2. The molecule has 5 saturated heterocycles. The first-order chi connectivity index (χ1) is 67.9. The number of rotatable bonds is 17. The van der Waals surface area contributed by atoms with Gasteiger partial charge in [-0.2, -0.15) is 0 Å². The van der Waals surface area contributed by atoms with Crippen molar-refractivity contribution in [3.63, 3.8) is 0 Å². The van der Waals surface area contributed by atoms with Crippen LogP contribution in [0, 0.1) is 13.8 Å². The molecule has 17 aromatic rings. The number of aryl methyl sites for hydroxylation is 2. The Morgan fingerprint density at radius 2 is 0.607 bits per heavy atom. The number of piperazine rings is 5. The van der Waals surface area contributed by atoms with Crippen molar-refractivity contribution in [1.82, 2.24) is 91.9 Å². The molecule has 34 nitrogen and oxygen atoms in total. The third-order valence-electron chi connectivity index (χ3n) is 25.5. The van der Waals surface area contributed by atoms with Crippen molar-refractivity contribution in [2.75, 3.05) is 177 Å². The van der Waals surface area contributed by atoms with Crippen molar-refractivity contribution in [2.24, 2.45) is 0 Å². The topological polar surface area (TPSA) is 320 Å². The molecule has 0 saturated carbocycles. The Morgan fingerprint density at radius 1 is 0.314 bits per heavy atom. The van der Waals surface area contributed by atoms with E-state index in [-0.39, 0.29) is 27.8 Å². The summed E-state index contributed by atoms with van der Waals surface area (Å²) in [7, 11) is 6.91. The lowest BCUT2D eigenvalue weighted by molar-refractivity contribution is 0.311. The molecule has 5 fully saturated rings. The minimum atomic E-state index is -0.119. The standard InChI is InChI=1S/C22H26N4O3.2C21H22N6O.C21H24N4O3.C20H21ClN4O2/c1-4-29-20-11-16(5-7-19(20)28-3)18-12-22(27)26-14-17(6-8-21(26)24-18)25-10-9-23-15(2)13-25;1-15-12-26-13-16(3-5-19(26)22-15)18-11-21(28)27-14-17(4-6-20(27)23-18)25-9-7-24(2)8-10-25;1-14-10-25(8-7-22-14)17-4-6-20-24-18(9-21(28)27(20)13-17)16-3-5-19-23-15(2)11-26(19)12-16;1-3-28-19-12-15(4-6-18(19)27-2)17-13-21(26)25-14-16(5-7-20(25)23-17)24-10-8-22-9-11-24;1-13-11-24(8-7-22-13)15-4-6-19-23-17(10-20(26)25(19)12-15)14-3-5-18(27-2)16(21)9-14/h5-8,11-12,14-15,23H,4,9-10,13H2,1-3H3;3-6,11-14H,7-10H2,1-2H3;3-6,9,11-14,22H,7-8,10H2,1-2H3;4-7,12-14,22H,3,8-11H2,1-2H3;3-6,9-10,12-13,22H,7-8,11H2,1-2H3/t15-;;14-;;13-/m0.0.0/s1. The largest absolute Gasteiger partial charge is 0.495 e. The van der Waals surface area contributed by atoms with Gasteiger partial charge in [-0.25, -0.2) is 34.9 Å². The molecule has 0 radical (unpaired) electrons. The maximum atomic E-state index is 12.8. The zero-order chi connectivity index (χ0) is 97.4. The second kappa shape index (κ2) is 42.5. The summed E-state index contributed by atoms with van der Waals surface area (Å²) in [5, 5.41) is 14.1. The molecular weight excluding hydrogens is 1790 g/mol. The molecule has 0 unspecified atom stereocenters. The van der Waals surface area contributed by atoms with E-state index < -0.39 is 0 Å². The van der Waals surface area contributed by atoms with Crippen molar-refractivity contribution in [1.29, 1.82) is 0 Å². The van der Waals surface area contributed by atoms with Crippen molar-refractivity contribution < 1.29 is 23.7 Å². The highest BCUT2D eigenvalue weighted by atomic mass is 35.5. The lowest BCUT2D eigenvalue weighted by atomic mass is 10.1. The Kier molecular flexibility index (Phi) is 28.9. The van der Waals surface area contributed by atoms with E-state index in [1.54, 1.807) is 79.7 Å². The number of fused-ring (bicyclic) bond motifs is 7. The van der Waals surface area contributed by atoms with E-state index in [4.69, 9.17) is 50.2 Å². The Labute approximate surface area is 813 Å². The molecule has 14 aromatic heterocycles. The van der Waals surface area contributed by atoms with E-state index in [0.29, 0.717) is 122 Å². The minimum absolute atomic E-state index is 0.0714. The van der Waals surface area contributed by atoms with Gasteiger partial charge in [-0.05, 0) is 195 Å². The van der Waals surface area contributed by atoms with Gasteiger partial charge in [0.1, 0.15) is 45.3 Å². The van der Waals surface area contributed by atoms with Crippen molar-refractivity contribution in [2.45, 2.75) is 66.6 Å². The van der Waals surface area contributed by atoms with Crippen LogP contribution in [0.1, 0.15) is 46.0 Å². The summed E-state index contributed by atoms with van der Waals surface area (Å²) in [5.41, 5.74) is 18.9. The number of ether oxygens (including phenoxy) is 5. The van der Waals surface area contributed by atoms with Gasteiger partial charge in [0.2, 0.25) is 0 Å². The Morgan fingerprint density at radius 3 is 0.929 bits per heavy atom. The number of halogens is 1. The van der Waals surface area contributed by atoms with Gasteiger partial charge in [-0.3, -0.25) is 46.0 Å². The summed E-state index contributed by atoms with van der Waals surface area (Å²) in [4.78, 5) is 110. The number of hydrogen-bond donors (Lipinski definition) is 4. The van der Waals surface area contributed by atoms with E-state index in [1.165, 1.54) is 6.07 Å². The fourth-order valence-corrected chi connectivity index (χ4v) is 18.5. The van der Waals surface area contributed by atoms with Gasteiger partial charge in [-0.15, -0.1) is 0 Å². The van der Waals surface area contributed by atoms with E-state index in [0.717, 1.165) is 190 Å². The molecule has 0 amide bonds.